The summed E-state index contributed by atoms with van der Waals surface area (Å²) in [4.78, 5) is 22.7. The second-order valence-electron chi connectivity index (χ2n) is 7.57. The SMILES string of the molecule is CC(C)=CCCC(C)=CCCC(C)=CCSCC(NC(=O)CCC(F)(F)F)C(=O)O. The van der Waals surface area contributed by atoms with Crippen molar-refractivity contribution in [2.75, 3.05) is 11.5 Å². The number of halogens is 3. The maximum absolute atomic E-state index is 12.1. The van der Waals surface area contributed by atoms with E-state index in [1.807, 2.05) is 13.0 Å². The summed E-state index contributed by atoms with van der Waals surface area (Å²) in [6.45, 7) is 8.32. The molecule has 30 heavy (non-hydrogen) atoms. The highest BCUT2D eigenvalue weighted by atomic mass is 32.2. The molecule has 0 aliphatic rings. The lowest BCUT2D eigenvalue weighted by Crippen LogP contribution is -2.42. The summed E-state index contributed by atoms with van der Waals surface area (Å²) < 4.78 is 36.4. The Kier molecular flexibility index (Phi) is 14.3. The Hall–Kier alpha value is -1.70. The van der Waals surface area contributed by atoms with E-state index in [0.717, 1.165) is 25.7 Å². The minimum Gasteiger partial charge on any atom is -0.480 e. The zero-order chi connectivity index (χ0) is 23.2. The topological polar surface area (TPSA) is 66.4 Å². The third-order valence-electron chi connectivity index (χ3n) is 4.23. The summed E-state index contributed by atoms with van der Waals surface area (Å²) in [6.07, 6.45) is 3.97. The minimum atomic E-state index is -4.44. The van der Waals surface area contributed by atoms with Gasteiger partial charge in [-0.2, -0.15) is 24.9 Å². The van der Waals surface area contributed by atoms with Crippen LogP contribution in [0.25, 0.3) is 0 Å². The van der Waals surface area contributed by atoms with Crippen molar-refractivity contribution >= 4 is 23.6 Å². The van der Waals surface area contributed by atoms with Gasteiger partial charge in [-0.1, -0.05) is 34.9 Å². The Balaban J connectivity index is 4.24. The number of thioether (sulfide) groups is 1. The van der Waals surface area contributed by atoms with Gasteiger partial charge in [0.05, 0.1) is 6.42 Å². The first-order valence-electron chi connectivity index (χ1n) is 10.0. The second kappa shape index (κ2) is 15.2. The van der Waals surface area contributed by atoms with Crippen molar-refractivity contribution in [3.63, 3.8) is 0 Å². The number of amides is 1. The number of nitrogens with one attached hydrogen (secondary N) is 1. The summed E-state index contributed by atoms with van der Waals surface area (Å²) in [6, 6.07) is -1.20. The van der Waals surface area contributed by atoms with Crippen LogP contribution < -0.4 is 5.32 Å². The van der Waals surface area contributed by atoms with Crippen molar-refractivity contribution in [3.05, 3.63) is 34.9 Å². The third kappa shape index (κ3) is 17.2. The van der Waals surface area contributed by atoms with Crippen LogP contribution in [0.1, 0.15) is 66.2 Å². The number of alkyl halides is 3. The molecule has 0 saturated carbocycles. The van der Waals surface area contributed by atoms with Crippen LogP contribution in [-0.2, 0) is 9.59 Å². The Morgan fingerprint density at radius 3 is 2.07 bits per heavy atom. The number of hydrogen-bond donors (Lipinski definition) is 2. The fourth-order valence-electron chi connectivity index (χ4n) is 2.42. The van der Waals surface area contributed by atoms with Gasteiger partial charge in [-0.15, -0.1) is 0 Å². The minimum absolute atomic E-state index is 0.0975. The van der Waals surface area contributed by atoms with Crippen molar-refractivity contribution in [1.82, 2.24) is 5.32 Å². The molecule has 0 aromatic heterocycles. The molecular weight excluding hydrogens is 415 g/mol. The van der Waals surface area contributed by atoms with E-state index >= 15 is 0 Å². The van der Waals surface area contributed by atoms with E-state index in [-0.39, 0.29) is 5.75 Å². The van der Waals surface area contributed by atoms with Crippen molar-refractivity contribution < 1.29 is 27.9 Å². The summed E-state index contributed by atoms with van der Waals surface area (Å²) in [5, 5.41) is 11.3. The van der Waals surface area contributed by atoms with Crippen LogP contribution in [0.5, 0.6) is 0 Å². The van der Waals surface area contributed by atoms with Gasteiger partial charge in [0.25, 0.3) is 0 Å². The number of carbonyl (C=O) groups excluding carboxylic acids is 1. The quantitative estimate of drug-likeness (QED) is 0.250. The molecule has 0 saturated heterocycles. The molecule has 0 fully saturated rings. The van der Waals surface area contributed by atoms with Crippen LogP contribution in [0.15, 0.2) is 34.9 Å². The Morgan fingerprint density at radius 2 is 1.53 bits per heavy atom. The molecule has 4 nitrogen and oxygen atoms in total. The van der Waals surface area contributed by atoms with E-state index in [1.165, 1.54) is 28.5 Å². The van der Waals surface area contributed by atoms with Crippen molar-refractivity contribution in [2.24, 2.45) is 0 Å². The molecule has 1 atom stereocenters. The highest BCUT2D eigenvalue weighted by Gasteiger charge is 2.29. The summed E-state index contributed by atoms with van der Waals surface area (Å²) in [5.41, 5.74) is 3.88. The molecule has 0 spiro atoms. The van der Waals surface area contributed by atoms with Gasteiger partial charge >= 0.3 is 12.1 Å². The van der Waals surface area contributed by atoms with E-state index in [2.05, 4.69) is 38.2 Å². The van der Waals surface area contributed by atoms with Crippen LogP contribution in [0.2, 0.25) is 0 Å². The highest BCUT2D eigenvalue weighted by molar-refractivity contribution is 7.99. The molecule has 0 heterocycles. The fraction of sp³-hybridized carbons (Fsp3) is 0.636. The van der Waals surface area contributed by atoms with Gasteiger partial charge in [-0.05, 0) is 53.4 Å². The molecule has 0 aromatic carbocycles. The molecule has 0 aromatic rings. The van der Waals surface area contributed by atoms with E-state index in [1.54, 1.807) is 0 Å². The van der Waals surface area contributed by atoms with Crippen LogP contribution >= 0.6 is 11.8 Å². The zero-order valence-corrected chi connectivity index (χ0v) is 19.1. The molecule has 1 amide bonds. The molecule has 0 radical (unpaired) electrons. The number of carboxylic acids is 1. The predicted octanol–water partition coefficient (Wildman–Crippen LogP) is 6.05. The Morgan fingerprint density at radius 1 is 0.967 bits per heavy atom. The van der Waals surface area contributed by atoms with E-state index < -0.39 is 36.9 Å². The molecule has 1 unspecified atom stereocenters. The van der Waals surface area contributed by atoms with E-state index in [9.17, 15) is 22.8 Å². The number of carboxylic acid groups (broad SMARTS) is 1. The first kappa shape index (κ1) is 28.3. The maximum atomic E-state index is 12.1. The van der Waals surface area contributed by atoms with Gasteiger partial charge in [0.2, 0.25) is 5.91 Å². The third-order valence-corrected chi connectivity index (χ3v) is 5.20. The van der Waals surface area contributed by atoms with Crippen LogP contribution in [-0.4, -0.2) is 40.7 Å². The van der Waals surface area contributed by atoms with Gasteiger partial charge in [0.1, 0.15) is 6.04 Å². The fourth-order valence-corrected chi connectivity index (χ4v) is 3.42. The molecule has 0 rings (SSSR count). The Labute approximate surface area is 182 Å². The van der Waals surface area contributed by atoms with E-state index in [4.69, 9.17) is 5.11 Å². The van der Waals surface area contributed by atoms with Crippen molar-refractivity contribution in [2.45, 2.75) is 78.4 Å². The number of allylic oxidation sites excluding steroid dienone is 5. The largest absolute Gasteiger partial charge is 0.480 e. The predicted molar refractivity (Wildman–Crippen MR) is 118 cm³/mol. The normalized spacial score (nSPS) is 13.7. The van der Waals surface area contributed by atoms with Crippen molar-refractivity contribution in [1.29, 1.82) is 0 Å². The van der Waals surface area contributed by atoms with Gasteiger partial charge < -0.3 is 10.4 Å². The lowest BCUT2D eigenvalue weighted by Gasteiger charge is -2.14. The number of carbonyl (C=O) groups is 2. The number of aliphatic carboxylic acids is 1. The van der Waals surface area contributed by atoms with Crippen molar-refractivity contribution in [3.8, 4) is 0 Å². The first-order chi connectivity index (χ1) is 13.9. The van der Waals surface area contributed by atoms with Gasteiger partial charge in [-0.25, -0.2) is 4.79 Å². The second-order valence-corrected chi connectivity index (χ2v) is 8.65. The maximum Gasteiger partial charge on any atom is 0.389 e. The van der Waals surface area contributed by atoms with Crippen LogP contribution in [0.3, 0.4) is 0 Å². The first-order valence-corrected chi connectivity index (χ1v) is 11.2. The average Bonchev–Trinajstić information content (AvgIpc) is 2.61. The molecular formula is C22H34F3NO3S. The monoisotopic (exact) mass is 449 g/mol. The molecule has 2 N–H and O–H groups in total. The van der Waals surface area contributed by atoms with Crippen LogP contribution in [0, 0.1) is 0 Å². The molecule has 172 valence electrons. The summed E-state index contributed by atoms with van der Waals surface area (Å²) in [7, 11) is 0. The smallest absolute Gasteiger partial charge is 0.389 e. The standard InChI is InChI=1S/C22H34F3NO3S/c1-16(2)7-5-8-17(3)9-6-10-18(4)12-14-30-15-19(21(28)29)26-20(27)11-13-22(23,24)25/h7,9,12,19H,5-6,8,10-11,13-15H2,1-4H3,(H,26,27)(H,28,29). The number of hydrogen-bond acceptors (Lipinski definition) is 3. The molecule has 0 bridgehead atoms. The van der Waals surface area contributed by atoms with Gasteiger partial charge in [0.15, 0.2) is 0 Å². The average molecular weight is 450 g/mol. The zero-order valence-electron chi connectivity index (χ0n) is 18.3. The lowest BCUT2D eigenvalue weighted by molar-refractivity contribution is -0.146. The summed E-state index contributed by atoms with van der Waals surface area (Å²) >= 11 is 1.32. The summed E-state index contributed by atoms with van der Waals surface area (Å²) in [5.74, 6) is -1.48. The molecule has 8 heteroatoms. The molecule has 0 aliphatic carbocycles. The Bertz CT molecular complexity index is 636. The molecule has 0 aliphatic heterocycles. The lowest BCUT2D eigenvalue weighted by atomic mass is 10.1. The number of rotatable bonds is 14. The highest BCUT2D eigenvalue weighted by Crippen LogP contribution is 2.21. The van der Waals surface area contributed by atoms with Crippen LogP contribution in [0.4, 0.5) is 13.2 Å². The van der Waals surface area contributed by atoms with Gasteiger partial charge in [0, 0.05) is 17.9 Å². The van der Waals surface area contributed by atoms with Gasteiger partial charge in [-0.3, -0.25) is 4.79 Å². The van der Waals surface area contributed by atoms with E-state index in [0.29, 0.717) is 5.75 Å².